The summed E-state index contributed by atoms with van der Waals surface area (Å²) in [5, 5.41) is 8.93. The van der Waals surface area contributed by atoms with Gasteiger partial charge in [-0.05, 0) is 37.0 Å². The molecule has 1 aromatic rings. The zero-order valence-electron chi connectivity index (χ0n) is 10.6. The molecule has 0 bridgehead atoms. The smallest absolute Gasteiger partial charge is 0.416 e. The van der Waals surface area contributed by atoms with E-state index in [9.17, 15) is 26.4 Å². The Morgan fingerprint density at radius 1 is 1.33 bits per heavy atom. The van der Waals surface area contributed by atoms with Gasteiger partial charge in [0, 0.05) is 0 Å². The Morgan fingerprint density at radius 2 is 1.95 bits per heavy atom. The molecule has 0 aromatic heterocycles. The summed E-state index contributed by atoms with van der Waals surface area (Å²) in [6.45, 7) is 0. The molecule has 1 saturated carbocycles. The van der Waals surface area contributed by atoms with Gasteiger partial charge in [0.05, 0.1) is 22.6 Å². The van der Waals surface area contributed by atoms with Crippen LogP contribution in [0.2, 0.25) is 0 Å². The third-order valence-electron chi connectivity index (χ3n) is 2.99. The standard InChI is InChI=1S/C12H12F3NO4S/c13-12(14,15)8-3-4-9(11(17)18)10(5-8)16-21(19,20)6-7-1-2-7/h3-5,7,16H,1-2,6H2,(H,17,18). The van der Waals surface area contributed by atoms with Crippen molar-refractivity contribution in [2.24, 2.45) is 5.92 Å². The van der Waals surface area contributed by atoms with Crippen molar-refractivity contribution >= 4 is 21.7 Å². The zero-order chi connectivity index (χ0) is 15.8. The molecule has 21 heavy (non-hydrogen) atoms. The Bertz CT molecular complexity index is 666. The van der Waals surface area contributed by atoms with Crippen LogP contribution in [0.5, 0.6) is 0 Å². The van der Waals surface area contributed by atoms with Gasteiger partial charge in [-0.15, -0.1) is 0 Å². The van der Waals surface area contributed by atoms with Crippen molar-refractivity contribution < 1.29 is 31.5 Å². The summed E-state index contributed by atoms with van der Waals surface area (Å²) in [6, 6.07) is 1.83. The Kier molecular flexibility index (Phi) is 3.87. The van der Waals surface area contributed by atoms with Crippen LogP contribution in [-0.2, 0) is 16.2 Å². The van der Waals surface area contributed by atoms with Crippen LogP contribution in [0.15, 0.2) is 18.2 Å². The first kappa shape index (κ1) is 15.6. The second-order valence-electron chi connectivity index (χ2n) is 4.89. The van der Waals surface area contributed by atoms with Gasteiger partial charge in [0.1, 0.15) is 0 Å². The molecule has 5 nitrogen and oxygen atoms in total. The van der Waals surface area contributed by atoms with E-state index < -0.39 is 39.0 Å². The fraction of sp³-hybridized carbons (Fsp3) is 0.417. The number of rotatable bonds is 5. The lowest BCUT2D eigenvalue weighted by atomic mass is 10.1. The molecule has 1 aliphatic carbocycles. The van der Waals surface area contributed by atoms with Crippen LogP contribution >= 0.6 is 0 Å². The zero-order valence-corrected chi connectivity index (χ0v) is 11.5. The van der Waals surface area contributed by atoms with Crippen LogP contribution in [0.25, 0.3) is 0 Å². The first-order valence-electron chi connectivity index (χ1n) is 6.03. The van der Waals surface area contributed by atoms with E-state index in [0.29, 0.717) is 12.1 Å². The molecule has 1 aliphatic rings. The van der Waals surface area contributed by atoms with Crippen LogP contribution in [-0.4, -0.2) is 25.2 Å². The second-order valence-corrected chi connectivity index (χ2v) is 6.66. The lowest BCUT2D eigenvalue weighted by molar-refractivity contribution is -0.137. The predicted molar refractivity (Wildman–Crippen MR) is 68.5 cm³/mol. The molecule has 0 saturated heterocycles. The lowest BCUT2D eigenvalue weighted by Gasteiger charge is -2.13. The monoisotopic (exact) mass is 323 g/mol. The quantitative estimate of drug-likeness (QED) is 0.872. The van der Waals surface area contributed by atoms with E-state index in [1.54, 1.807) is 0 Å². The van der Waals surface area contributed by atoms with Crippen molar-refractivity contribution in [1.29, 1.82) is 0 Å². The number of carboxylic acid groups (broad SMARTS) is 1. The minimum atomic E-state index is -4.69. The van der Waals surface area contributed by atoms with Crippen molar-refractivity contribution in [3.8, 4) is 0 Å². The lowest BCUT2D eigenvalue weighted by Crippen LogP contribution is -2.20. The average Bonchev–Trinajstić information content (AvgIpc) is 3.09. The Hall–Kier alpha value is -1.77. The highest BCUT2D eigenvalue weighted by atomic mass is 32.2. The van der Waals surface area contributed by atoms with E-state index in [4.69, 9.17) is 5.11 Å². The average molecular weight is 323 g/mol. The van der Waals surface area contributed by atoms with E-state index in [0.717, 1.165) is 18.9 Å². The first-order chi connectivity index (χ1) is 9.58. The molecule has 0 atom stereocenters. The maximum absolute atomic E-state index is 12.6. The third kappa shape index (κ3) is 4.10. The van der Waals surface area contributed by atoms with Crippen molar-refractivity contribution in [2.75, 3.05) is 10.5 Å². The minimum Gasteiger partial charge on any atom is -0.478 e. The number of hydrogen-bond acceptors (Lipinski definition) is 3. The second kappa shape index (κ2) is 5.21. The van der Waals surface area contributed by atoms with E-state index in [1.807, 2.05) is 4.72 Å². The summed E-state index contributed by atoms with van der Waals surface area (Å²) in [5.74, 6) is -1.74. The molecule has 0 heterocycles. The van der Waals surface area contributed by atoms with Crippen LogP contribution in [0.1, 0.15) is 28.8 Å². The number of benzene rings is 1. The van der Waals surface area contributed by atoms with E-state index in [1.165, 1.54) is 0 Å². The number of alkyl halides is 3. The van der Waals surface area contributed by atoms with Gasteiger partial charge in [0.2, 0.25) is 10.0 Å². The fourth-order valence-electron chi connectivity index (χ4n) is 1.80. The van der Waals surface area contributed by atoms with Gasteiger partial charge in [0.15, 0.2) is 0 Å². The van der Waals surface area contributed by atoms with Crippen molar-refractivity contribution in [1.82, 2.24) is 0 Å². The SMILES string of the molecule is O=C(O)c1ccc(C(F)(F)F)cc1NS(=O)(=O)CC1CC1. The van der Waals surface area contributed by atoms with Gasteiger partial charge in [-0.1, -0.05) is 0 Å². The molecule has 0 amide bonds. The number of carbonyl (C=O) groups is 1. The first-order valence-corrected chi connectivity index (χ1v) is 7.69. The molecule has 9 heteroatoms. The highest BCUT2D eigenvalue weighted by Crippen LogP contribution is 2.34. The maximum atomic E-state index is 12.6. The van der Waals surface area contributed by atoms with Gasteiger partial charge >= 0.3 is 12.1 Å². The number of aromatic carboxylic acids is 1. The van der Waals surface area contributed by atoms with E-state index >= 15 is 0 Å². The van der Waals surface area contributed by atoms with Crippen molar-refractivity contribution in [3.05, 3.63) is 29.3 Å². The minimum absolute atomic E-state index is 0.0124. The van der Waals surface area contributed by atoms with Gasteiger partial charge in [0.25, 0.3) is 0 Å². The largest absolute Gasteiger partial charge is 0.478 e. The molecule has 0 aliphatic heterocycles. The summed E-state index contributed by atoms with van der Waals surface area (Å²) in [6.07, 6.45) is -3.20. The number of halogens is 3. The van der Waals surface area contributed by atoms with Gasteiger partial charge < -0.3 is 5.11 Å². The number of nitrogens with one attached hydrogen (secondary N) is 1. The summed E-state index contributed by atoms with van der Waals surface area (Å²) >= 11 is 0. The topological polar surface area (TPSA) is 83.5 Å². The number of anilines is 1. The maximum Gasteiger partial charge on any atom is 0.416 e. The summed E-state index contributed by atoms with van der Waals surface area (Å²) in [7, 11) is -3.87. The molecule has 1 aromatic carbocycles. The molecule has 1 fully saturated rings. The van der Waals surface area contributed by atoms with Gasteiger partial charge in [-0.25, -0.2) is 13.2 Å². The van der Waals surface area contributed by atoms with Crippen LogP contribution < -0.4 is 4.72 Å². The summed E-state index contributed by atoms with van der Waals surface area (Å²) in [4.78, 5) is 11.0. The number of hydrogen-bond donors (Lipinski definition) is 2. The Morgan fingerprint density at radius 3 is 2.43 bits per heavy atom. The van der Waals surface area contributed by atoms with Crippen LogP contribution in [0.3, 0.4) is 0 Å². The van der Waals surface area contributed by atoms with Gasteiger partial charge in [-0.3, -0.25) is 4.72 Å². The molecule has 2 rings (SSSR count). The molecular formula is C12H12F3NO4S. The Balaban J connectivity index is 2.36. The molecule has 2 N–H and O–H groups in total. The fourth-order valence-corrected chi connectivity index (χ4v) is 3.34. The Labute approximate surface area is 118 Å². The highest BCUT2D eigenvalue weighted by Gasteiger charge is 2.33. The van der Waals surface area contributed by atoms with E-state index in [-0.39, 0.29) is 11.7 Å². The van der Waals surface area contributed by atoms with Crippen molar-refractivity contribution in [2.45, 2.75) is 19.0 Å². The van der Waals surface area contributed by atoms with Gasteiger partial charge in [-0.2, -0.15) is 13.2 Å². The summed E-state index contributed by atoms with van der Waals surface area (Å²) in [5.41, 5.74) is -2.21. The number of carboxylic acids is 1. The highest BCUT2D eigenvalue weighted by molar-refractivity contribution is 7.92. The van der Waals surface area contributed by atoms with Crippen LogP contribution in [0, 0.1) is 5.92 Å². The van der Waals surface area contributed by atoms with E-state index in [2.05, 4.69) is 0 Å². The normalized spacial score (nSPS) is 15.8. The third-order valence-corrected chi connectivity index (χ3v) is 4.44. The predicted octanol–water partition coefficient (Wildman–Crippen LogP) is 2.56. The molecule has 0 spiro atoms. The molecular weight excluding hydrogens is 311 g/mol. The summed E-state index contributed by atoms with van der Waals surface area (Å²) < 4.78 is 63.4. The molecule has 0 unspecified atom stereocenters. The van der Waals surface area contributed by atoms with Crippen LogP contribution in [0.4, 0.5) is 18.9 Å². The molecule has 0 radical (unpaired) electrons. The molecule has 116 valence electrons. The van der Waals surface area contributed by atoms with Crippen molar-refractivity contribution in [3.63, 3.8) is 0 Å². The number of sulfonamides is 1.